The Bertz CT molecular complexity index is 487. The van der Waals surface area contributed by atoms with E-state index in [1.54, 1.807) is 18.3 Å². The van der Waals surface area contributed by atoms with Crippen LogP contribution in [0.15, 0.2) is 30.5 Å². The third kappa shape index (κ3) is 2.05. The first kappa shape index (κ1) is 10.7. The number of benzene rings is 1. The SMILES string of the molecule is Nc1ccc(OCCCF)c2cccnc12. The molecule has 0 amide bonds. The minimum Gasteiger partial charge on any atom is -0.493 e. The first-order chi connectivity index (χ1) is 7.83. The quantitative estimate of drug-likeness (QED) is 0.636. The predicted molar refractivity (Wildman–Crippen MR) is 62.2 cm³/mol. The largest absolute Gasteiger partial charge is 0.493 e. The average molecular weight is 220 g/mol. The van der Waals surface area contributed by atoms with Crippen molar-refractivity contribution in [2.24, 2.45) is 0 Å². The number of rotatable bonds is 4. The first-order valence-corrected chi connectivity index (χ1v) is 5.15. The van der Waals surface area contributed by atoms with E-state index in [4.69, 9.17) is 10.5 Å². The smallest absolute Gasteiger partial charge is 0.128 e. The summed E-state index contributed by atoms with van der Waals surface area (Å²) < 4.78 is 17.4. The van der Waals surface area contributed by atoms with E-state index in [1.165, 1.54) is 0 Å². The monoisotopic (exact) mass is 220 g/mol. The molecular weight excluding hydrogens is 207 g/mol. The second kappa shape index (κ2) is 4.79. The molecule has 0 fully saturated rings. The standard InChI is InChI=1S/C12H13FN2O/c13-6-2-8-16-11-5-4-10(14)12-9(11)3-1-7-15-12/h1,3-5,7H,2,6,8,14H2. The number of alkyl halides is 1. The lowest BCUT2D eigenvalue weighted by Crippen LogP contribution is -1.99. The predicted octanol–water partition coefficient (Wildman–Crippen LogP) is 2.56. The molecule has 1 aromatic carbocycles. The molecule has 2 N–H and O–H groups in total. The fourth-order valence-electron chi connectivity index (χ4n) is 1.53. The highest BCUT2D eigenvalue weighted by Gasteiger charge is 2.05. The molecule has 1 aromatic heterocycles. The second-order valence-corrected chi connectivity index (χ2v) is 3.44. The number of halogens is 1. The van der Waals surface area contributed by atoms with E-state index in [0.717, 1.165) is 10.9 Å². The lowest BCUT2D eigenvalue weighted by Gasteiger charge is -2.09. The molecule has 2 rings (SSSR count). The number of aromatic nitrogens is 1. The molecule has 0 aliphatic rings. The van der Waals surface area contributed by atoms with Gasteiger partial charge in [-0.2, -0.15) is 0 Å². The van der Waals surface area contributed by atoms with E-state index < -0.39 is 0 Å². The zero-order chi connectivity index (χ0) is 11.4. The van der Waals surface area contributed by atoms with Gasteiger partial charge < -0.3 is 10.5 Å². The fourth-order valence-corrected chi connectivity index (χ4v) is 1.53. The minimum atomic E-state index is -0.370. The molecule has 1 heterocycles. The van der Waals surface area contributed by atoms with Crippen LogP contribution in [-0.4, -0.2) is 18.3 Å². The number of ether oxygens (including phenoxy) is 1. The summed E-state index contributed by atoms with van der Waals surface area (Å²) in [5.41, 5.74) is 7.14. The lowest BCUT2D eigenvalue weighted by atomic mass is 10.2. The maximum absolute atomic E-state index is 12.0. The molecule has 0 aliphatic carbocycles. The van der Waals surface area contributed by atoms with Crippen LogP contribution < -0.4 is 10.5 Å². The van der Waals surface area contributed by atoms with Crippen LogP contribution in [0.1, 0.15) is 6.42 Å². The van der Waals surface area contributed by atoms with E-state index in [1.807, 2.05) is 12.1 Å². The number of hydrogen-bond acceptors (Lipinski definition) is 3. The molecule has 2 aromatic rings. The van der Waals surface area contributed by atoms with Gasteiger partial charge in [0.1, 0.15) is 5.75 Å². The Labute approximate surface area is 93.0 Å². The van der Waals surface area contributed by atoms with E-state index in [-0.39, 0.29) is 6.67 Å². The Balaban J connectivity index is 2.35. The molecular formula is C12H13FN2O. The third-order valence-corrected chi connectivity index (χ3v) is 2.30. The van der Waals surface area contributed by atoms with E-state index in [0.29, 0.717) is 24.5 Å². The molecule has 4 heteroatoms. The minimum absolute atomic E-state index is 0.365. The Kier molecular flexibility index (Phi) is 3.19. The maximum Gasteiger partial charge on any atom is 0.128 e. The van der Waals surface area contributed by atoms with Crippen LogP contribution in [0.5, 0.6) is 5.75 Å². The molecule has 0 atom stereocenters. The molecule has 0 spiro atoms. The van der Waals surface area contributed by atoms with Gasteiger partial charge in [0.15, 0.2) is 0 Å². The van der Waals surface area contributed by atoms with Crippen LogP contribution in [0.4, 0.5) is 10.1 Å². The molecule has 0 radical (unpaired) electrons. The molecule has 84 valence electrons. The number of nitrogen functional groups attached to an aromatic ring is 1. The normalized spacial score (nSPS) is 10.6. The highest BCUT2D eigenvalue weighted by atomic mass is 19.1. The van der Waals surface area contributed by atoms with Gasteiger partial charge in [0, 0.05) is 18.0 Å². The highest BCUT2D eigenvalue weighted by Crippen LogP contribution is 2.28. The van der Waals surface area contributed by atoms with Gasteiger partial charge in [-0.05, 0) is 24.3 Å². The summed E-state index contributed by atoms with van der Waals surface area (Å²) in [7, 11) is 0. The molecule has 0 aliphatic heterocycles. The highest BCUT2D eigenvalue weighted by molar-refractivity contribution is 5.93. The number of fused-ring (bicyclic) bond motifs is 1. The lowest BCUT2D eigenvalue weighted by molar-refractivity contribution is 0.292. The summed E-state index contributed by atoms with van der Waals surface area (Å²) in [5.74, 6) is 0.700. The van der Waals surface area contributed by atoms with Crippen molar-refractivity contribution in [3.63, 3.8) is 0 Å². The van der Waals surface area contributed by atoms with Gasteiger partial charge in [0.2, 0.25) is 0 Å². The summed E-state index contributed by atoms with van der Waals surface area (Å²) in [6.07, 6.45) is 2.08. The molecule has 16 heavy (non-hydrogen) atoms. The van der Waals surface area contributed by atoms with E-state index >= 15 is 0 Å². The van der Waals surface area contributed by atoms with Gasteiger partial charge >= 0.3 is 0 Å². The first-order valence-electron chi connectivity index (χ1n) is 5.15. The molecule has 0 unspecified atom stereocenters. The molecule has 0 saturated carbocycles. The van der Waals surface area contributed by atoms with Crippen LogP contribution in [0.3, 0.4) is 0 Å². The van der Waals surface area contributed by atoms with Crippen molar-refractivity contribution in [3.05, 3.63) is 30.5 Å². The van der Waals surface area contributed by atoms with Crippen LogP contribution in [-0.2, 0) is 0 Å². The summed E-state index contributed by atoms with van der Waals surface area (Å²) in [6, 6.07) is 7.25. The Morgan fingerprint density at radius 1 is 1.31 bits per heavy atom. The molecule has 0 bridgehead atoms. The fraction of sp³-hybridized carbons (Fsp3) is 0.250. The van der Waals surface area contributed by atoms with E-state index in [9.17, 15) is 4.39 Å². The van der Waals surface area contributed by atoms with Gasteiger partial charge in [-0.25, -0.2) is 0 Å². The Hall–Kier alpha value is -1.84. The summed E-state index contributed by atoms with van der Waals surface area (Å²) in [4.78, 5) is 4.19. The van der Waals surface area contributed by atoms with Crippen molar-refractivity contribution < 1.29 is 9.13 Å². The second-order valence-electron chi connectivity index (χ2n) is 3.44. The number of nitrogens with zero attached hydrogens (tertiary/aromatic N) is 1. The van der Waals surface area contributed by atoms with Crippen molar-refractivity contribution in [2.75, 3.05) is 19.0 Å². The van der Waals surface area contributed by atoms with Crippen LogP contribution in [0, 0.1) is 0 Å². The van der Waals surface area contributed by atoms with Gasteiger partial charge in [-0.15, -0.1) is 0 Å². The number of pyridine rings is 1. The van der Waals surface area contributed by atoms with Crippen LogP contribution >= 0.6 is 0 Å². The Morgan fingerprint density at radius 2 is 2.19 bits per heavy atom. The van der Waals surface area contributed by atoms with E-state index in [2.05, 4.69) is 4.98 Å². The van der Waals surface area contributed by atoms with Crippen molar-refractivity contribution in [1.82, 2.24) is 4.98 Å². The number of nitrogens with two attached hydrogens (primary N) is 1. The summed E-state index contributed by atoms with van der Waals surface area (Å²) in [5, 5.41) is 0.862. The number of anilines is 1. The topological polar surface area (TPSA) is 48.1 Å². The van der Waals surface area contributed by atoms with Crippen molar-refractivity contribution in [1.29, 1.82) is 0 Å². The summed E-state index contributed by atoms with van der Waals surface area (Å²) in [6.45, 7) is -0.00440. The van der Waals surface area contributed by atoms with Gasteiger partial charge in [-0.1, -0.05) is 0 Å². The van der Waals surface area contributed by atoms with Crippen LogP contribution in [0.25, 0.3) is 10.9 Å². The molecule has 3 nitrogen and oxygen atoms in total. The average Bonchev–Trinajstić information content (AvgIpc) is 2.33. The zero-order valence-electron chi connectivity index (χ0n) is 8.82. The zero-order valence-corrected chi connectivity index (χ0v) is 8.82. The summed E-state index contributed by atoms with van der Waals surface area (Å²) >= 11 is 0. The van der Waals surface area contributed by atoms with Gasteiger partial charge in [0.25, 0.3) is 0 Å². The van der Waals surface area contributed by atoms with Crippen LogP contribution in [0.2, 0.25) is 0 Å². The molecule has 0 saturated heterocycles. The maximum atomic E-state index is 12.0. The van der Waals surface area contributed by atoms with Crippen molar-refractivity contribution in [2.45, 2.75) is 6.42 Å². The van der Waals surface area contributed by atoms with Gasteiger partial charge in [-0.3, -0.25) is 9.37 Å². The number of hydrogen-bond donors (Lipinski definition) is 1. The Morgan fingerprint density at radius 3 is 3.00 bits per heavy atom. The van der Waals surface area contributed by atoms with Crippen molar-refractivity contribution in [3.8, 4) is 5.75 Å². The van der Waals surface area contributed by atoms with Gasteiger partial charge in [0.05, 0.1) is 24.5 Å². The third-order valence-electron chi connectivity index (χ3n) is 2.30. The van der Waals surface area contributed by atoms with Crippen molar-refractivity contribution >= 4 is 16.6 Å².